The third-order valence-electron chi connectivity index (χ3n) is 6.44. The highest BCUT2D eigenvalue weighted by Gasteiger charge is 2.43. The summed E-state index contributed by atoms with van der Waals surface area (Å²) in [6.45, 7) is 5.31. The first kappa shape index (κ1) is 20.5. The van der Waals surface area contributed by atoms with Crippen LogP contribution in [-0.4, -0.2) is 53.7 Å². The summed E-state index contributed by atoms with van der Waals surface area (Å²) >= 11 is 0. The monoisotopic (exact) mass is 412 g/mol. The van der Waals surface area contributed by atoms with Gasteiger partial charge in [0.2, 0.25) is 0 Å². The van der Waals surface area contributed by atoms with Crippen molar-refractivity contribution in [3.63, 3.8) is 0 Å². The molecule has 30 heavy (non-hydrogen) atoms. The van der Waals surface area contributed by atoms with Gasteiger partial charge >= 0.3 is 0 Å². The number of nitrogens with zero attached hydrogens (tertiary/aromatic N) is 1. The number of rotatable bonds is 5. The first-order valence-electron chi connectivity index (χ1n) is 10.4. The summed E-state index contributed by atoms with van der Waals surface area (Å²) in [4.78, 5) is 26.8. The number of furan rings is 1. The summed E-state index contributed by atoms with van der Waals surface area (Å²) in [7, 11) is 0. The fraction of sp³-hybridized carbons (Fsp3) is 0.478. The van der Waals surface area contributed by atoms with Crippen LogP contribution < -0.4 is 10.1 Å². The number of benzene rings is 1. The van der Waals surface area contributed by atoms with Crippen LogP contribution in [0.3, 0.4) is 0 Å². The Balaban J connectivity index is 1.31. The van der Waals surface area contributed by atoms with Gasteiger partial charge in [-0.1, -0.05) is 6.07 Å². The number of ether oxygens (including phenoxy) is 1. The topological polar surface area (TPSA) is 92.0 Å². The lowest BCUT2D eigenvalue weighted by molar-refractivity contribution is -0.132. The molecule has 7 heteroatoms. The third kappa shape index (κ3) is 4.36. The van der Waals surface area contributed by atoms with Gasteiger partial charge < -0.3 is 24.5 Å². The van der Waals surface area contributed by atoms with E-state index in [-0.39, 0.29) is 36.3 Å². The molecule has 1 saturated carbocycles. The van der Waals surface area contributed by atoms with Crippen LogP contribution in [0.25, 0.3) is 0 Å². The Labute approximate surface area is 176 Å². The molecule has 2 aliphatic rings. The van der Waals surface area contributed by atoms with Crippen molar-refractivity contribution in [3.05, 3.63) is 53.5 Å². The second-order valence-corrected chi connectivity index (χ2v) is 8.48. The molecule has 2 heterocycles. The highest BCUT2D eigenvalue weighted by Crippen LogP contribution is 2.36. The van der Waals surface area contributed by atoms with Crippen molar-refractivity contribution in [1.29, 1.82) is 0 Å². The van der Waals surface area contributed by atoms with Crippen LogP contribution >= 0.6 is 0 Å². The smallest absolute Gasteiger partial charge is 0.260 e. The van der Waals surface area contributed by atoms with E-state index in [1.165, 1.54) is 18.1 Å². The molecule has 0 spiro atoms. The van der Waals surface area contributed by atoms with Crippen molar-refractivity contribution in [1.82, 2.24) is 10.2 Å². The normalized spacial score (nSPS) is 25.6. The molecule has 4 rings (SSSR count). The number of fused-ring (bicyclic) bond motifs is 1. The van der Waals surface area contributed by atoms with Gasteiger partial charge in [-0.25, -0.2) is 0 Å². The maximum atomic E-state index is 12.7. The molecule has 1 aliphatic heterocycles. The average molecular weight is 412 g/mol. The number of hydrogen-bond acceptors (Lipinski definition) is 5. The number of carbonyl (C=O) groups is 2. The number of hydrogen-bond donors (Lipinski definition) is 2. The summed E-state index contributed by atoms with van der Waals surface area (Å²) in [6.07, 6.45) is 3.44. The predicted molar refractivity (Wildman–Crippen MR) is 110 cm³/mol. The van der Waals surface area contributed by atoms with E-state index in [9.17, 15) is 14.7 Å². The van der Waals surface area contributed by atoms with Gasteiger partial charge in [0, 0.05) is 13.1 Å². The maximum Gasteiger partial charge on any atom is 0.260 e. The van der Waals surface area contributed by atoms with E-state index < -0.39 is 6.10 Å². The average Bonchev–Trinajstić information content (AvgIpc) is 3.39. The Kier molecular flexibility index (Phi) is 5.81. The Morgan fingerprint density at radius 2 is 1.93 bits per heavy atom. The van der Waals surface area contributed by atoms with Crippen molar-refractivity contribution < 1.29 is 23.8 Å². The largest absolute Gasteiger partial charge is 0.484 e. The summed E-state index contributed by atoms with van der Waals surface area (Å²) in [6, 6.07) is 7.08. The lowest BCUT2D eigenvalue weighted by Gasteiger charge is -2.35. The van der Waals surface area contributed by atoms with Crippen molar-refractivity contribution in [2.24, 2.45) is 11.8 Å². The van der Waals surface area contributed by atoms with Crippen molar-refractivity contribution >= 4 is 11.8 Å². The Morgan fingerprint density at radius 1 is 1.17 bits per heavy atom. The van der Waals surface area contributed by atoms with E-state index in [1.54, 1.807) is 6.07 Å². The summed E-state index contributed by atoms with van der Waals surface area (Å²) in [5.41, 5.74) is 2.76. The van der Waals surface area contributed by atoms with Gasteiger partial charge in [-0.2, -0.15) is 0 Å². The second kappa shape index (κ2) is 8.52. The van der Waals surface area contributed by atoms with Gasteiger partial charge in [0.1, 0.15) is 12.0 Å². The molecule has 2 N–H and O–H groups in total. The minimum absolute atomic E-state index is 0.00511. The van der Waals surface area contributed by atoms with Gasteiger partial charge in [-0.15, -0.1) is 0 Å². The van der Waals surface area contributed by atoms with Crippen molar-refractivity contribution in [2.75, 3.05) is 19.7 Å². The zero-order valence-corrected chi connectivity index (χ0v) is 17.3. The molecular formula is C23H28N2O5. The number of aliphatic hydroxyl groups is 1. The molecule has 1 aromatic heterocycles. The third-order valence-corrected chi connectivity index (χ3v) is 6.44. The van der Waals surface area contributed by atoms with Gasteiger partial charge in [0.05, 0.1) is 24.0 Å². The highest BCUT2D eigenvalue weighted by atomic mass is 16.5. The zero-order chi connectivity index (χ0) is 21.3. The molecule has 0 bridgehead atoms. The molecule has 160 valence electrons. The van der Waals surface area contributed by atoms with Crippen molar-refractivity contribution in [3.8, 4) is 5.75 Å². The fourth-order valence-electron chi connectivity index (χ4n) is 4.47. The van der Waals surface area contributed by atoms with E-state index in [1.807, 2.05) is 36.9 Å². The van der Waals surface area contributed by atoms with Crippen LogP contribution in [0.5, 0.6) is 5.75 Å². The SMILES string of the molecule is Cc1ccc(OCC(=O)N2C[C@H]3C[C@H](O)[C@@H](NC(=O)c4ccoc4)C[C@H]3C2)cc1C. The standard InChI is InChI=1S/C23H28N2O5/c1-14-3-4-19(7-15(14)2)30-13-22(27)25-10-17-8-20(21(26)9-18(17)11-25)24-23(28)16-5-6-29-12-16/h3-7,12,17-18,20-21,26H,8-11,13H2,1-2H3,(H,24,28)/t17-,18+,20-,21-/m0/s1. The minimum atomic E-state index is -0.621. The van der Waals surface area contributed by atoms with Crippen LogP contribution in [0.1, 0.15) is 34.3 Å². The Hall–Kier alpha value is -2.80. The number of aliphatic hydroxyl groups excluding tert-OH is 1. The molecule has 2 aromatic rings. The van der Waals surface area contributed by atoms with E-state index in [0.717, 1.165) is 5.56 Å². The number of nitrogens with one attached hydrogen (secondary N) is 1. The second-order valence-electron chi connectivity index (χ2n) is 8.48. The molecule has 1 aromatic carbocycles. The van der Waals surface area contributed by atoms with Crippen LogP contribution in [0.2, 0.25) is 0 Å². The molecule has 1 aliphatic carbocycles. The van der Waals surface area contributed by atoms with Gasteiger partial charge in [0.15, 0.2) is 6.61 Å². The van der Waals surface area contributed by atoms with Gasteiger partial charge in [-0.05, 0) is 67.9 Å². The van der Waals surface area contributed by atoms with E-state index in [2.05, 4.69) is 5.32 Å². The quantitative estimate of drug-likeness (QED) is 0.786. The Morgan fingerprint density at radius 3 is 2.63 bits per heavy atom. The predicted octanol–water partition coefficient (Wildman–Crippen LogP) is 2.30. The maximum absolute atomic E-state index is 12.7. The van der Waals surface area contributed by atoms with Crippen molar-refractivity contribution in [2.45, 2.75) is 38.8 Å². The zero-order valence-electron chi connectivity index (χ0n) is 17.3. The highest BCUT2D eigenvalue weighted by molar-refractivity contribution is 5.94. The first-order valence-corrected chi connectivity index (χ1v) is 10.4. The Bertz CT molecular complexity index is 910. The molecule has 2 amide bonds. The minimum Gasteiger partial charge on any atom is -0.484 e. The summed E-state index contributed by atoms with van der Waals surface area (Å²) in [5.74, 6) is 0.900. The van der Waals surface area contributed by atoms with Gasteiger partial charge in [0.25, 0.3) is 11.8 Å². The molecule has 2 fully saturated rings. The molecule has 7 nitrogen and oxygen atoms in total. The van der Waals surface area contributed by atoms with E-state index >= 15 is 0 Å². The molecule has 4 atom stereocenters. The van der Waals surface area contributed by atoms with Crippen LogP contribution in [-0.2, 0) is 4.79 Å². The lowest BCUT2D eigenvalue weighted by Crippen LogP contribution is -2.49. The van der Waals surface area contributed by atoms with E-state index in [0.29, 0.717) is 37.2 Å². The molecular weight excluding hydrogens is 384 g/mol. The molecule has 0 radical (unpaired) electrons. The lowest BCUT2D eigenvalue weighted by atomic mass is 9.77. The number of aryl methyl sites for hydroxylation is 2. The van der Waals surface area contributed by atoms with Crippen LogP contribution in [0.4, 0.5) is 0 Å². The number of amides is 2. The fourth-order valence-corrected chi connectivity index (χ4v) is 4.47. The first-order chi connectivity index (χ1) is 14.4. The number of likely N-dealkylation sites (tertiary alicyclic amines) is 1. The molecule has 1 saturated heterocycles. The van der Waals surface area contributed by atoms with E-state index in [4.69, 9.17) is 9.15 Å². The van der Waals surface area contributed by atoms with Crippen LogP contribution in [0, 0.1) is 25.7 Å². The summed E-state index contributed by atoms with van der Waals surface area (Å²) < 4.78 is 10.6. The molecule has 0 unspecified atom stereocenters. The van der Waals surface area contributed by atoms with Gasteiger partial charge in [-0.3, -0.25) is 9.59 Å². The number of carbonyl (C=O) groups excluding carboxylic acids is 2. The summed E-state index contributed by atoms with van der Waals surface area (Å²) in [5, 5.41) is 13.4. The van der Waals surface area contributed by atoms with Crippen LogP contribution in [0.15, 0.2) is 41.2 Å².